The Morgan fingerprint density at radius 1 is 1.16 bits per heavy atom. The summed E-state index contributed by atoms with van der Waals surface area (Å²) >= 11 is 7.07. The summed E-state index contributed by atoms with van der Waals surface area (Å²) in [4.78, 5) is 0. The molecule has 1 atom stereocenters. The summed E-state index contributed by atoms with van der Waals surface area (Å²) in [6.45, 7) is 1.09. The van der Waals surface area contributed by atoms with Crippen molar-refractivity contribution in [3.63, 3.8) is 0 Å². The smallest absolute Gasteiger partial charge is 0.152 e. The highest BCUT2D eigenvalue weighted by molar-refractivity contribution is 9.11. The number of hydroxylamine groups is 3. The molecule has 0 radical (unpaired) electrons. The Hall–Kier alpha value is -0.100. The minimum absolute atomic E-state index is 0.101. The van der Waals surface area contributed by atoms with Crippen LogP contribution in [-0.2, 0) is 6.54 Å². The minimum Gasteiger partial charge on any atom is -0.631 e. The van der Waals surface area contributed by atoms with Gasteiger partial charge in [-0.3, -0.25) is 0 Å². The Kier molecular flexibility index (Phi) is 3.91. The fraction of sp³-hybridized carbons (Fsp3) is 0.571. The predicted octanol–water partition coefficient (Wildman–Crippen LogP) is 4.74. The van der Waals surface area contributed by atoms with Gasteiger partial charge < -0.3 is 15.2 Å². The van der Waals surface area contributed by atoms with E-state index in [1.165, 1.54) is 19.3 Å². The van der Waals surface area contributed by atoms with E-state index in [4.69, 9.17) is 0 Å². The van der Waals surface area contributed by atoms with Crippen molar-refractivity contribution in [2.24, 2.45) is 0 Å². The monoisotopic (exact) mass is 388 g/mol. The van der Waals surface area contributed by atoms with Gasteiger partial charge in [-0.1, -0.05) is 22.4 Å². The molecule has 0 amide bonds. The van der Waals surface area contributed by atoms with E-state index < -0.39 is 0 Å². The second-order valence-corrected chi connectivity index (χ2v) is 7.43. The average Bonchev–Trinajstić information content (AvgIpc) is 2.39. The molecule has 0 saturated heterocycles. The van der Waals surface area contributed by atoms with E-state index in [1.807, 2.05) is 6.07 Å². The maximum absolute atomic E-state index is 13.1. The standard InChI is InChI=1S/C14H18Br2N2O/c15-11-6-10-8-18(19,12-4-2-1-3-5-12)9-17-14(10)13(16)7-11/h6-7,12,17H,1-5,8-9H2. The first-order chi connectivity index (χ1) is 9.08. The van der Waals surface area contributed by atoms with Crippen molar-refractivity contribution >= 4 is 37.5 Å². The average molecular weight is 390 g/mol. The van der Waals surface area contributed by atoms with Crippen LogP contribution < -0.4 is 5.32 Å². The molecule has 1 unspecified atom stereocenters. The number of quaternary nitrogens is 1. The number of anilines is 1. The van der Waals surface area contributed by atoms with Gasteiger partial charge in [-0.25, -0.2) is 0 Å². The summed E-state index contributed by atoms with van der Waals surface area (Å²) in [7, 11) is 0. The molecule has 0 aromatic heterocycles. The third-order valence-corrected chi connectivity index (χ3v) is 5.42. The Morgan fingerprint density at radius 2 is 1.89 bits per heavy atom. The molecule has 0 spiro atoms. The van der Waals surface area contributed by atoms with E-state index in [0.29, 0.717) is 13.2 Å². The molecule has 1 aliphatic carbocycles. The van der Waals surface area contributed by atoms with Gasteiger partial charge in [0, 0.05) is 14.5 Å². The lowest BCUT2D eigenvalue weighted by Crippen LogP contribution is -2.55. The predicted molar refractivity (Wildman–Crippen MR) is 84.5 cm³/mol. The first kappa shape index (κ1) is 13.9. The molecule has 1 aromatic carbocycles. The zero-order chi connectivity index (χ0) is 13.5. The number of benzene rings is 1. The van der Waals surface area contributed by atoms with Crippen LogP contribution in [0.4, 0.5) is 5.69 Å². The first-order valence-corrected chi connectivity index (χ1v) is 8.47. The van der Waals surface area contributed by atoms with E-state index in [9.17, 15) is 5.21 Å². The van der Waals surface area contributed by atoms with Gasteiger partial charge in [-0.2, -0.15) is 0 Å². The van der Waals surface area contributed by atoms with E-state index in [-0.39, 0.29) is 10.7 Å². The van der Waals surface area contributed by atoms with Crippen molar-refractivity contribution in [3.05, 3.63) is 31.8 Å². The number of hydrogen-bond acceptors (Lipinski definition) is 2. The third kappa shape index (κ3) is 2.71. The van der Waals surface area contributed by atoms with Crippen molar-refractivity contribution in [2.75, 3.05) is 12.0 Å². The van der Waals surface area contributed by atoms with Gasteiger partial charge in [0.15, 0.2) is 6.67 Å². The van der Waals surface area contributed by atoms with Crippen molar-refractivity contribution in [2.45, 2.75) is 44.7 Å². The molecule has 3 rings (SSSR count). The number of rotatable bonds is 1. The van der Waals surface area contributed by atoms with Crippen LogP contribution >= 0.6 is 31.9 Å². The number of halogens is 2. The van der Waals surface area contributed by atoms with Crippen LogP contribution in [0, 0.1) is 5.21 Å². The SMILES string of the molecule is [O-][N+]1(C2CCCCC2)CNc2c(Br)cc(Br)cc2C1. The summed E-state index contributed by atoms with van der Waals surface area (Å²) in [5.74, 6) is 0. The number of nitrogens with one attached hydrogen (secondary N) is 1. The molecule has 0 bridgehead atoms. The Morgan fingerprint density at radius 3 is 2.63 bits per heavy atom. The van der Waals surface area contributed by atoms with Gasteiger partial charge in [-0.05, 0) is 53.7 Å². The van der Waals surface area contributed by atoms with Gasteiger partial charge in [0.25, 0.3) is 0 Å². The molecular weight excluding hydrogens is 372 g/mol. The van der Waals surface area contributed by atoms with Gasteiger partial charge >= 0.3 is 0 Å². The molecule has 1 aromatic rings. The molecule has 5 heteroatoms. The summed E-state index contributed by atoms with van der Waals surface area (Å²) in [5.41, 5.74) is 2.21. The van der Waals surface area contributed by atoms with Gasteiger partial charge in [0.2, 0.25) is 0 Å². The number of hydrogen-bond donors (Lipinski definition) is 1. The van der Waals surface area contributed by atoms with E-state index in [2.05, 4.69) is 43.2 Å². The Labute approximate surface area is 130 Å². The molecular formula is C14H18Br2N2O. The molecule has 1 N–H and O–H groups in total. The second-order valence-electron chi connectivity index (χ2n) is 5.66. The van der Waals surface area contributed by atoms with Crippen molar-refractivity contribution in [3.8, 4) is 0 Å². The molecule has 1 aliphatic heterocycles. The maximum Gasteiger partial charge on any atom is 0.152 e. The van der Waals surface area contributed by atoms with Crippen molar-refractivity contribution in [1.82, 2.24) is 0 Å². The quantitative estimate of drug-likeness (QED) is 0.556. The van der Waals surface area contributed by atoms with Crippen molar-refractivity contribution in [1.29, 1.82) is 0 Å². The van der Waals surface area contributed by atoms with E-state index in [0.717, 1.165) is 33.0 Å². The van der Waals surface area contributed by atoms with Crippen LogP contribution in [0.5, 0.6) is 0 Å². The lowest BCUT2D eigenvalue weighted by molar-refractivity contribution is -0.918. The molecule has 3 nitrogen and oxygen atoms in total. The summed E-state index contributed by atoms with van der Waals surface area (Å²) in [5, 5.41) is 16.4. The largest absolute Gasteiger partial charge is 0.631 e. The molecule has 1 saturated carbocycles. The molecule has 1 fully saturated rings. The third-order valence-electron chi connectivity index (χ3n) is 4.34. The zero-order valence-electron chi connectivity index (χ0n) is 10.8. The lowest BCUT2D eigenvalue weighted by Gasteiger charge is -2.52. The molecule has 19 heavy (non-hydrogen) atoms. The Bertz CT molecular complexity index is 489. The van der Waals surface area contributed by atoms with Crippen LogP contribution in [0.1, 0.15) is 37.7 Å². The molecule has 2 aliphatic rings. The first-order valence-electron chi connectivity index (χ1n) is 6.88. The van der Waals surface area contributed by atoms with Crippen LogP contribution in [0.2, 0.25) is 0 Å². The van der Waals surface area contributed by atoms with Crippen LogP contribution in [0.3, 0.4) is 0 Å². The second kappa shape index (κ2) is 5.35. The fourth-order valence-electron chi connectivity index (χ4n) is 3.32. The van der Waals surface area contributed by atoms with E-state index in [1.54, 1.807) is 0 Å². The highest BCUT2D eigenvalue weighted by atomic mass is 79.9. The highest BCUT2D eigenvalue weighted by Crippen LogP contribution is 2.39. The maximum atomic E-state index is 13.1. The summed E-state index contributed by atoms with van der Waals surface area (Å²) < 4.78 is 1.96. The van der Waals surface area contributed by atoms with Gasteiger partial charge in [0.05, 0.1) is 11.7 Å². The van der Waals surface area contributed by atoms with Crippen LogP contribution in [-0.4, -0.2) is 17.4 Å². The lowest BCUT2D eigenvalue weighted by atomic mass is 9.93. The fourth-order valence-corrected chi connectivity index (χ4v) is 4.77. The molecule has 1 heterocycles. The van der Waals surface area contributed by atoms with E-state index >= 15 is 0 Å². The van der Waals surface area contributed by atoms with Crippen LogP contribution in [0.15, 0.2) is 21.1 Å². The van der Waals surface area contributed by atoms with Gasteiger partial charge in [0.1, 0.15) is 6.54 Å². The summed E-state index contributed by atoms with van der Waals surface area (Å²) in [6, 6.07) is 4.36. The summed E-state index contributed by atoms with van der Waals surface area (Å²) in [6.07, 6.45) is 5.87. The van der Waals surface area contributed by atoms with Crippen LogP contribution in [0.25, 0.3) is 0 Å². The molecule has 104 valence electrons. The number of nitrogens with zero attached hydrogens (tertiary/aromatic N) is 1. The van der Waals surface area contributed by atoms with Gasteiger partial charge in [-0.15, -0.1) is 0 Å². The van der Waals surface area contributed by atoms with Crippen molar-refractivity contribution < 1.29 is 4.65 Å². The Balaban J connectivity index is 1.88. The zero-order valence-corrected chi connectivity index (χ0v) is 14.0. The minimum atomic E-state index is -0.101. The topological polar surface area (TPSA) is 35.1 Å². The highest BCUT2D eigenvalue weighted by Gasteiger charge is 2.34. The number of fused-ring (bicyclic) bond motifs is 1. The normalized spacial score (nSPS) is 27.7.